The summed E-state index contributed by atoms with van der Waals surface area (Å²) in [6.45, 7) is 0. The van der Waals surface area contributed by atoms with E-state index in [1.807, 2.05) is 37.2 Å². The minimum atomic E-state index is -0.272. The third-order valence-corrected chi connectivity index (χ3v) is 3.20. The van der Waals surface area contributed by atoms with E-state index in [4.69, 9.17) is 5.73 Å². The lowest BCUT2D eigenvalue weighted by Gasteiger charge is -2.18. The molecule has 0 saturated carbocycles. The van der Waals surface area contributed by atoms with Gasteiger partial charge in [0.2, 0.25) is 0 Å². The molecule has 0 spiro atoms. The van der Waals surface area contributed by atoms with Crippen LogP contribution < -0.4 is 16.0 Å². The predicted octanol–water partition coefficient (Wildman–Crippen LogP) is 2.74. The van der Waals surface area contributed by atoms with Gasteiger partial charge in [-0.25, -0.2) is 4.98 Å². The highest BCUT2D eigenvalue weighted by Crippen LogP contribution is 2.28. The van der Waals surface area contributed by atoms with Crippen LogP contribution in [0.2, 0.25) is 0 Å². The van der Waals surface area contributed by atoms with E-state index >= 15 is 0 Å². The molecule has 2 aromatic rings. The molecule has 0 aliphatic rings. The van der Waals surface area contributed by atoms with Crippen molar-refractivity contribution in [2.75, 3.05) is 30.0 Å². The molecule has 0 bridgehead atoms. The Labute approximate surface area is 125 Å². The summed E-state index contributed by atoms with van der Waals surface area (Å²) in [5, 5.41) is 2.85. The third-order valence-electron chi connectivity index (χ3n) is 2.71. The van der Waals surface area contributed by atoms with Gasteiger partial charge in [0.1, 0.15) is 5.69 Å². The second-order valence-electron chi connectivity index (χ2n) is 4.49. The first-order valence-corrected chi connectivity index (χ1v) is 6.76. The number of amides is 1. The normalized spacial score (nSPS) is 10.2. The molecule has 0 atom stereocenters. The molecule has 0 aliphatic heterocycles. The smallest absolute Gasteiger partial charge is 0.274 e. The van der Waals surface area contributed by atoms with Gasteiger partial charge in [0, 0.05) is 18.6 Å². The van der Waals surface area contributed by atoms with E-state index in [1.54, 1.807) is 12.1 Å². The van der Waals surface area contributed by atoms with Gasteiger partial charge in [-0.15, -0.1) is 0 Å². The second-order valence-corrected chi connectivity index (χ2v) is 5.40. The molecule has 2 rings (SSSR count). The lowest BCUT2D eigenvalue weighted by Crippen LogP contribution is -2.17. The first-order chi connectivity index (χ1) is 9.47. The number of nitrogens with zero attached hydrogens (tertiary/aromatic N) is 2. The summed E-state index contributed by atoms with van der Waals surface area (Å²) in [5.41, 5.74) is 8.03. The maximum absolute atomic E-state index is 12.2. The van der Waals surface area contributed by atoms with Gasteiger partial charge < -0.3 is 16.0 Å². The van der Waals surface area contributed by atoms with Crippen molar-refractivity contribution in [1.82, 2.24) is 4.98 Å². The summed E-state index contributed by atoms with van der Waals surface area (Å²) in [7, 11) is 3.83. The van der Waals surface area contributed by atoms with Gasteiger partial charge in [0.05, 0.1) is 23.3 Å². The molecule has 1 heterocycles. The van der Waals surface area contributed by atoms with Gasteiger partial charge >= 0.3 is 0 Å². The van der Waals surface area contributed by atoms with Gasteiger partial charge in [-0.1, -0.05) is 15.9 Å². The van der Waals surface area contributed by atoms with E-state index < -0.39 is 0 Å². The number of hydrogen-bond acceptors (Lipinski definition) is 4. The monoisotopic (exact) mass is 334 g/mol. The standard InChI is InChI=1S/C14H15BrN4O/c1-19(2)13-6-3-9(15)7-12(13)18-14(20)11-5-4-10(16)8-17-11/h3-8H,16H2,1-2H3,(H,18,20). The minimum absolute atomic E-state index is 0.272. The molecule has 0 fully saturated rings. The fourth-order valence-corrected chi connectivity index (χ4v) is 2.09. The molecule has 0 unspecified atom stereocenters. The summed E-state index contributed by atoms with van der Waals surface area (Å²) in [6.07, 6.45) is 1.46. The van der Waals surface area contributed by atoms with Gasteiger partial charge in [-0.05, 0) is 30.3 Å². The van der Waals surface area contributed by atoms with Crippen molar-refractivity contribution in [2.24, 2.45) is 0 Å². The fraction of sp³-hybridized carbons (Fsp3) is 0.143. The van der Waals surface area contributed by atoms with Crippen LogP contribution in [0.25, 0.3) is 0 Å². The van der Waals surface area contributed by atoms with Crippen LogP contribution in [-0.2, 0) is 0 Å². The molecule has 0 radical (unpaired) electrons. The maximum atomic E-state index is 12.2. The Kier molecular flexibility index (Phi) is 4.24. The van der Waals surface area contributed by atoms with Crippen molar-refractivity contribution >= 4 is 38.9 Å². The average molecular weight is 335 g/mol. The van der Waals surface area contributed by atoms with Crippen molar-refractivity contribution in [1.29, 1.82) is 0 Å². The Morgan fingerprint density at radius 2 is 2.05 bits per heavy atom. The summed E-state index contributed by atoms with van der Waals surface area (Å²) in [5.74, 6) is -0.272. The quantitative estimate of drug-likeness (QED) is 0.905. The van der Waals surface area contributed by atoms with Crippen molar-refractivity contribution < 1.29 is 4.79 Å². The van der Waals surface area contributed by atoms with Gasteiger partial charge in [-0.2, -0.15) is 0 Å². The van der Waals surface area contributed by atoms with Crippen LogP contribution in [0.5, 0.6) is 0 Å². The van der Waals surface area contributed by atoms with Crippen LogP contribution in [0.1, 0.15) is 10.5 Å². The third kappa shape index (κ3) is 3.27. The average Bonchev–Trinajstić information content (AvgIpc) is 2.39. The highest BCUT2D eigenvalue weighted by molar-refractivity contribution is 9.10. The lowest BCUT2D eigenvalue weighted by molar-refractivity contribution is 0.102. The number of rotatable bonds is 3. The summed E-state index contributed by atoms with van der Waals surface area (Å²) in [4.78, 5) is 18.1. The van der Waals surface area contributed by atoms with Gasteiger partial charge in [0.15, 0.2) is 0 Å². The number of nitrogens with one attached hydrogen (secondary N) is 1. The number of pyridine rings is 1. The second kappa shape index (κ2) is 5.92. The van der Waals surface area contributed by atoms with Crippen LogP contribution in [-0.4, -0.2) is 25.0 Å². The van der Waals surface area contributed by atoms with Crippen LogP contribution in [0, 0.1) is 0 Å². The molecule has 1 aromatic heterocycles. The highest BCUT2D eigenvalue weighted by Gasteiger charge is 2.11. The number of benzene rings is 1. The van der Waals surface area contributed by atoms with E-state index in [0.717, 1.165) is 10.2 Å². The molecule has 6 heteroatoms. The molecule has 0 aliphatic carbocycles. The Balaban J connectivity index is 2.27. The summed E-state index contributed by atoms with van der Waals surface area (Å²) in [6, 6.07) is 8.95. The first-order valence-electron chi connectivity index (χ1n) is 5.97. The number of halogens is 1. The molecule has 5 nitrogen and oxygen atoms in total. The number of carbonyl (C=O) groups is 1. The predicted molar refractivity (Wildman–Crippen MR) is 85.1 cm³/mol. The fourth-order valence-electron chi connectivity index (χ4n) is 1.72. The van der Waals surface area contributed by atoms with E-state index in [1.165, 1.54) is 6.20 Å². The Bertz CT molecular complexity index is 626. The van der Waals surface area contributed by atoms with E-state index in [-0.39, 0.29) is 5.91 Å². The molecular weight excluding hydrogens is 320 g/mol. The van der Waals surface area contributed by atoms with E-state index in [0.29, 0.717) is 17.1 Å². The SMILES string of the molecule is CN(C)c1ccc(Br)cc1NC(=O)c1ccc(N)cn1. The number of hydrogen-bond donors (Lipinski definition) is 2. The van der Waals surface area contributed by atoms with Crippen molar-refractivity contribution in [2.45, 2.75) is 0 Å². The van der Waals surface area contributed by atoms with Crippen LogP contribution in [0.3, 0.4) is 0 Å². The first kappa shape index (κ1) is 14.3. The molecule has 0 saturated heterocycles. The highest BCUT2D eigenvalue weighted by atomic mass is 79.9. The van der Waals surface area contributed by atoms with Crippen molar-refractivity contribution in [3.63, 3.8) is 0 Å². The molecule has 1 aromatic carbocycles. The topological polar surface area (TPSA) is 71.2 Å². The van der Waals surface area contributed by atoms with E-state index in [9.17, 15) is 4.79 Å². The van der Waals surface area contributed by atoms with Crippen molar-refractivity contribution in [3.05, 3.63) is 46.7 Å². The number of nitrogens with two attached hydrogens (primary N) is 1. The Morgan fingerprint density at radius 3 is 2.65 bits per heavy atom. The minimum Gasteiger partial charge on any atom is -0.397 e. The van der Waals surface area contributed by atoms with E-state index in [2.05, 4.69) is 26.2 Å². The number of nitrogen functional groups attached to an aromatic ring is 1. The van der Waals surface area contributed by atoms with Gasteiger partial charge in [0.25, 0.3) is 5.91 Å². The number of anilines is 3. The zero-order valence-corrected chi connectivity index (χ0v) is 12.8. The molecule has 3 N–H and O–H groups in total. The molecular formula is C14H15BrN4O. The molecule has 1 amide bonds. The zero-order chi connectivity index (χ0) is 14.7. The zero-order valence-electron chi connectivity index (χ0n) is 11.2. The largest absolute Gasteiger partial charge is 0.397 e. The Hall–Kier alpha value is -2.08. The number of aromatic nitrogens is 1. The lowest BCUT2D eigenvalue weighted by atomic mass is 10.2. The summed E-state index contributed by atoms with van der Waals surface area (Å²) < 4.78 is 0.892. The molecule has 20 heavy (non-hydrogen) atoms. The van der Waals surface area contributed by atoms with Crippen LogP contribution in [0.15, 0.2) is 41.0 Å². The summed E-state index contributed by atoms with van der Waals surface area (Å²) >= 11 is 3.40. The van der Waals surface area contributed by atoms with Crippen molar-refractivity contribution in [3.8, 4) is 0 Å². The maximum Gasteiger partial charge on any atom is 0.274 e. The number of carbonyl (C=O) groups excluding carboxylic acids is 1. The Morgan fingerprint density at radius 1 is 1.30 bits per heavy atom. The van der Waals surface area contributed by atoms with Crippen LogP contribution >= 0.6 is 15.9 Å². The van der Waals surface area contributed by atoms with Gasteiger partial charge in [-0.3, -0.25) is 4.79 Å². The van der Waals surface area contributed by atoms with Crippen LogP contribution in [0.4, 0.5) is 17.1 Å². The molecule has 104 valence electrons.